The minimum absolute atomic E-state index is 0.187. The molecule has 5 aromatic rings. The summed E-state index contributed by atoms with van der Waals surface area (Å²) in [6.07, 6.45) is 3.14. The van der Waals surface area contributed by atoms with Crippen molar-refractivity contribution in [1.82, 2.24) is 19.3 Å². The predicted octanol–water partition coefficient (Wildman–Crippen LogP) is 4.14. The number of nitrogens with zero attached hydrogens (tertiary/aromatic N) is 4. The first-order chi connectivity index (χ1) is 13.7. The zero-order chi connectivity index (χ0) is 19.1. The fourth-order valence-electron chi connectivity index (χ4n) is 3.33. The van der Waals surface area contributed by atoms with E-state index in [-0.39, 0.29) is 5.56 Å². The molecule has 3 aromatic heterocycles. The molecule has 0 bridgehead atoms. The van der Waals surface area contributed by atoms with Crippen molar-refractivity contribution in [2.24, 2.45) is 0 Å². The molecule has 0 spiro atoms. The van der Waals surface area contributed by atoms with E-state index in [2.05, 4.69) is 5.10 Å². The number of aromatic nitrogens is 4. The number of aryl methyl sites for hydroxylation is 1. The summed E-state index contributed by atoms with van der Waals surface area (Å²) < 4.78 is 8.86. The Morgan fingerprint density at radius 3 is 2.46 bits per heavy atom. The van der Waals surface area contributed by atoms with E-state index in [0.717, 1.165) is 16.9 Å². The van der Waals surface area contributed by atoms with Crippen LogP contribution in [0.2, 0.25) is 0 Å². The lowest BCUT2D eigenvalue weighted by atomic mass is 10.2. The van der Waals surface area contributed by atoms with Gasteiger partial charge >= 0.3 is 0 Å². The predicted molar refractivity (Wildman–Crippen MR) is 107 cm³/mol. The normalized spacial score (nSPS) is 11.2. The van der Waals surface area contributed by atoms with Crippen LogP contribution in [-0.2, 0) is 0 Å². The van der Waals surface area contributed by atoms with Crippen LogP contribution in [0.15, 0.2) is 88.4 Å². The van der Waals surface area contributed by atoms with E-state index < -0.39 is 0 Å². The van der Waals surface area contributed by atoms with E-state index in [0.29, 0.717) is 22.6 Å². The molecule has 6 nitrogen and oxygen atoms in total. The lowest BCUT2D eigenvalue weighted by Gasteiger charge is -2.13. The maximum absolute atomic E-state index is 13.5. The minimum atomic E-state index is -0.187. The quantitative estimate of drug-likeness (QED) is 0.480. The van der Waals surface area contributed by atoms with Gasteiger partial charge in [-0.15, -0.1) is 0 Å². The Labute approximate surface area is 160 Å². The molecular weight excluding hydrogens is 352 g/mol. The lowest BCUT2D eigenvalue weighted by Crippen LogP contribution is -2.22. The van der Waals surface area contributed by atoms with Gasteiger partial charge in [-0.05, 0) is 42.8 Å². The van der Waals surface area contributed by atoms with Crippen molar-refractivity contribution < 1.29 is 4.42 Å². The summed E-state index contributed by atoms with van der Waals surface area (Å²) in [5.74, 6) is 0.956. The molecule has 0 aliphatic rings. The van der Waals surface area contributed by atoms with E-state index in [9.17, 15) is 4.79 Å². The summed E-state index contributed by atoms with van der Waals surface area (Å²) in [7, 11) is 0. The summed E-state index contributed by atoms with van der Waals surface area (Å²) in [6.45, 7) is 1.96. The molecule has 0 amide bonds. The Hall–Kier alpha value is -3.93. The number of hydrogen-bond acceptors (Lipinski definition) is 4. The van der Waals surface area contributed by atoms with Crippen LogP contribution in [0.25, 0.3) is 34.0 Å². The van der Waals surface area contributed by atoms with Gasteiger partial charge in [0.1, 0.15) is 5.39 Å². The van der Waals surface area contributed by atoms with Crippen molar-refractivity contribution in [1.29, 1.82) is 0 Å². The van der Waals surface area contributed by atoms with Crippen molar-refractivity contribution in [3.63, 3.8) is 0 Å². The number of hydrogen-bond donors (Lipinski definition) is 0. The summed E-state index contributed by atoms with van der Waals surface area (Å²) >= 11 is 0. The molecule has 2 aromatic carbocycles. The van der Waals surface area contributed by atoms with Crippen LogP contribution in [0.4, 0.5) is 0 Å². The maximum Gasteiger partial charge on any atom is 0.269 e. The molecule has 0 aliphatic carbocycles. The van der Waals surface area contributed by atoms with Gasteiger partial charge < -0.3 is 4.42 Å². The van der Waals surface area contributed by atoms with Crippen LogP contribution in [0.1, 0.15) is 5.56 Å². The Balaban J connectivity index is 1.89. The number of furan rings is 1. The summed E-state index contributed by atoms with van der Waals surface area (Å²) in [5.41, 5.74) is 2.87. The van der Waals surface area contributed by atoms with Gasteiger partial charge in [-0.25, -0.2) is 9.67 Å². The average Bonchev–Trinajstić information content (AvgIpc) is 3.39. The number of rotatable bonds is 3. The molecular formula is C22H16N4O2. The first kappa shape index (κ1) is 16.3. The third kappa shape index (κ3) is 2.46. The topological polar surface area (TPSA) is 65.8 Å². The average molecular weight is 368 g/mol. The third-order valence-corrected chi connectivity index (χ3v) is 4.70. The monoisotopic (exact) mass is 368 g/mol. The molecule has 0 unspecified atom stereocenters. The van der Waals surface area contributed by atoms with Gasteiger partial charge in [0.15, 0.2) is 17.2 Å². The highest BCUT2D eigenvalue weighted by Crippen LogP contribution is 2.25. The molecule has 0 N–H and O–H groups in total. The van der Waals surface area contributed by atoms with Gasteiger partial charge in [0.05, 0.1) is 23.8 Å². The summed E-state index contributed by atoms with van der Waals surface area (Å²) in [6, 6.07) is 20.9. The summed E-state index contributed by atoms with van der Waals surface area (Å²) in [4.78, 5) is 18.3. The van der Waals surface area contributed by atoms with Gasteiger partial charge in [-0.3, -0.25) is 9.36 Å². The molecule has 0 atom stereocenters. The first-order valence-electron chi connectivity index (χ1n) is 8.90. The Kier molecular flexibility index (Phi) is 3.69. The molecule has 3 heterocycles. The van der Waals surface area contributed by atoms with Gasteiger partial charge in [0.25, 0.3) is 5.56 Å². The van der Waals surface area contributed by atoms with Crippen molar-refractivity contribution in [2.45, 2.75) is 6.92 Å². The van der Waals surface area contributed by atoms with E-state index in [1.807, 2.05) is 61.5 Å². The smallest absolute Gasteiger partial charge is 0.269 e. The van der Waals surface area contributed by atoms with E-state index in [1.165, 1.54) is 0 Å². The van der Waals surface area contributed by atoms with Crippen molar-refractivity contribution >= 4 is 11.0 Å². The first-order valence-corrected chi connectivity index (χ1v) is 8.90. The second-order valence-electron chi connectivity index (χ2n) is 6.47. The fraction of sp³-hybridized carbons (Fsp3) is 0.0455. The van der Waals surface area contributed by atoms with Crippen LogP contribution in [0.3, 0.4) is 0 Å². The highest BCUT2D eigenvalue weighted by Gasteiger charge is 2.20. The molecule has 136 valence electrons. The number of para-hydroxylation sites is 2. The van der Waals surface area contributed by atoms with E-state index in [4.69, 9.17) is 9.40 Å². The van der Waals surface area contributed by atoms with Crippen molar-refractivity contribution in [3.8, 4) is 23.0 Å². The van der Waals surface area contributed by atoms with Gasteiger partial charge in [-0.2, -0.15) is 5.10 Å². The molecule has 0 aliphatic heterocycles. The van der Waals surface area contributed by atoms with Crippen molar-refractivity contribution in [3.05, 3.63) is 95.1 Å². The van der Waals surface area contributed by atoms with Crippen molar-refractivity contribution in [2.75, 3.05) is 0 Å². The molecule has 0 saturated heterocycles. The zero-order valence-electron chi connectivity index (χ0n) is 15.1. The number of fused-ring (bicyclic) bond motifs is 1. The SMILES string of the molecule is Cc1ccccc1-n1c(-c2ccco2)nc2c(cnn2-c2ccccc2)c1=O. The fourth-order valence-corrected chi connectivity index (χ4v) is 3.33. The Morgan fingerprint density at radius 1 is 0.929 bits per heavy atom. The maximum atomic E-state index is 13.5. The molecule has 6 heteroatoms. The molecule has 5 rings (SSSR count). The summed E-state index contributed by atoms with van der Waals surface area (Å²) in [5, 5.41) is 4.86. The highest BCUT2D eigenvalue weighted by atomic mass is 16.3. The highest BCUT2D eigenvalue weighted by molar-refractivity contribution is 5.78. The largest absolute Gasteiger partial charge is 0.461 e. The molecule has 0 saturated carbocycles. The van der Waals surface area contributed by atoms with Gasteiger partial charge in [0, 0.05) is 0 Å². The number of benzene rings is 2. The van der Waals surface area contributed by atoms with E-state index in [1.54, 1.807) is 33.8 Å². The Morgan fingerprint density at radius 2 is 1.71 bits per heavy atom. The van der Waals surface area contributed by atoms with Crippen LogP contribution >= 0.6 is 0 Å². The second kappa shape index (κ2) is 6.35. The molecule has 28 heavy (non-hydrogen) atoms. The van der Waals surface area contributed by atoms with E-state index >= 15 is 0 Å². The molecule has 0 radical (unpaired) electrons. The zero-order valence-corrected chi connectivity index (χ0v) is 15.1. The van der Waals surface area contributed by atoms with Crippen LogP contribution in [-0.4, -0.2) is 19.3 Å². The lowest BCUT2D eigenvalue weighted by molar-refractivity contribution is 0.574. The van der Waals surface area contributed by atoms with Gasteiger partial charge in [0.2, 0.25) is 0 Å². The minimum Gasteiger partial charge on any atom is -0.461 e. The second-order valence-corrected chi connectivity index (χ2v) is 6.47. The Bertz CT molecular complexity index is 1330. The standard InChI is InChI=1S/C22H16N4O2/c1-15-8-5-6-11-18(15)25-21(19-12-7-13-28-19)24-20-17(22(25)27)14-23-26(20)16-9-3-2-4-10-16/h2-14H,1H3. The van der Waals surface area contributed by atoms with Crippen LogP contribution < -0.4 is 5.56 Å². The third-order valence-electron chi connectivity index (χ3n) is 4.70. The van der Waals surface area contributed by atoms with Crippen LogP contribution in [0, 0.1) is 6.92 Å². The van der Waals surface area contributed by atoms with Gasteiger partial charge in [-0.1, -0.05) is 36.4 Å². The molecule has 0 fully saturated rings. The van der Waals surface area contributed by atoms with Crippen LogP contribution in [0.5, 0.6) is 0 Å².